The maximum absolute atomic E-state index is 4.97. The van der Waals surface area contributed by atoms with Gasteiger partial charge in [0.15, 0.2) is 11.6 Å². The van der Waals surface area contributed by atoms with Crippen LogP contribution < -0.4 is 16.0 Å². The molecule has 1 atom stereocenters. The summed E-state index contributed by atoms with van der Waals surface area (Å²) in [7, 11) is 0. The molecule has 1 saturated heterocycles. The van der Waals surface area contributed by atoms with Crippen LogP contribution in [0, 0.1) is 13.8 Å². The maximum atomic E-state index is 4.97. The quantitative estimate of drug-likeness (QED) is 0.134. The molecule has 0 unspecified atom stereocenters. The highest BCUT2D eigenvalue weighted by atomic mass is 15.2. The Labute approximate surface area is 382 Å². The first-order chi connectivity index (χ1) is 32.5. The summed E-state index contributed by atoms with van der Waals surface area (Å²) in [6.07, 6.45) is 12.1. The van der Waals surface area contributed by atoms with Crippen molar-refractivity contribution in [3.63, 3.8) is 0 Å². The molecular weight excluding hydrogens is 819 g/mol. The predicted octanol–water partition coefficient (Wildman–Crippen LogP) is 10.6. The summed E-state index contributed by atoms with van der Waals surface area (Å²) in [6, 6.07) is 41.8. The molecule has 328 valence electrons. The average molecular weight is 870 g/mol. The van der Waals surface area contributed by atoms with Crippen molar-refractivity contribution in [3.05, 3.63) is 145 Å². The van der Waals surface area contributed by atoms with Crippen molar-refractivity contribution < 1.29 is 0 Å². The number of rotatable bonds is 8. The SMILES string of the molecule is Cc1ccc2nc(-c3ccc4ccccc4n3)n(-c3ccnc(NC4CCCCC4)n3)c2c1.Cc1ccc2nc(-c3ccc4ccccc4n3)n(-c3ccnc(N[C@H]4CCCNC4)n3)c2c1. The Morgan fingerprint density at radius 3 is 1.53 bits per heavy atom. The van der Waals surface area contributed by atoms with E-state index in [0.29, 0.717) is 24.0 Å². The van der Waals surface area contributed by atoms with Crippen LogP contribution in [-0.4, -0.2) is 74.2 Å². The van der Waals surface area contributed by atoms with Gasteiger partial charge >= 0.3 is 0 Å². The van der Waals surface area contributed by atoms with Crippen molar-refractivity contribution >= 4 is 55.8 Å². The topological polar surface area (TPSA) is 149 Å². The minimum absolute atomic E-state index is 0.331. The fourth-order valence-corrected chi connectivity index (χ4v) is 9.23. The molecule has 13 heteroatoms. The highest BCUT2D eigenvalue weighted by molar-refractivity contribution is 5.87. The lowest BCUT2D eigenvalue weighted by Crippen LogP contribution is -2.38. The molecule has 1 saturated carbocycles. The molecule has 0 radical (unpaired) electrons. The van der Waals surface area contributed by atoms with Gasteiger partial charge in [0.25, 0.3) is 0 Å². The van der Waals surface area contributed by atoms with Gasteiger partial charge in [-0.25, -0.2) is 29.9 Å². The van der Waals surface area contributed by atoms with E-state index in [1.54, 1.807) is 6.20 Å². The van der Waals surface area contributed by atoms with Crippen LogP contribution in [0.4, 0.5) is 11.9 Å². The first-order valence-electron chi connectivity index (χ1n) is 23.1. The molecule has 2 aliphatic rings. The molecule has 3 N–H and O–H groups in total. The van der Waals surface area contributed by atoms with E-state index in [4.69, 9.17) is 29.9 Å². The van der Waals surface area contributed by atoms with Gasteiger partial charge < -0.3 is 16.0 Å². The van der Waals surface area contributed by atoms with Crippen LogP contribution in [0.3, 0.4) is 0 Å². The summed E-state index contributed by atoms with van der Waals surface area (Å²) in [4.78, 5) is 38.6. The van der Waals surface area contributed by atoms with E-state index in [-0.39, 0.29) is 0 Å². The molecule has 6 aromatic heterocycles. The molecule has 7 heterocycles. The number of piperidine rings is 1. The zero-order valence-corrected chi connectivity index (χ0v) is 37.2. The highest BCUT2D eigenvalue weighted by Gasteiger charge is 2.21. The van der Waals surface area contributed by atoms with E-state index in [2.05, 4.69) is 110 Å². The van der Waals surface area contributed by atoms with Gasteiger partial charge in [-0.1, -0.05) is 79.9 Å². The number of benzene rings is 4. The molecular formula is C53H51N13. The third-order valence-electron chi connectivity index (χ3n) is 12.6. The number of hydrogen-bond donors (Lipinski definition) is 3. The Balaban J connectivity index is 0.000000146. The fraction of sp³-hybridized carbons (Fsp3) is 0.245. The lowest BCUT2D eigenvalue weighted by atomic mass is 9.96. The standard InChI is InChI=1S/C27H26N6.C26H25N7/c1-18-11-13-22-24(17-18)33(25-15-16-28-27(32-25)29-20-8-3-2-4-9-20)26(31-22)23-14-12-19-7-5-6-10-21(19)30-23;1-17-8-10-21-23(15-17)33(24-12-14-28-26(32-24)29-19-6-4-13-27-16-19)25(31-21)22-11-9-18-5-2-3-7-20(18)30-22/h5-7,10-17,20H,2-4,8-9H2,1H3,(H,28,29,32);2-3,5,7-12,14-15,19,27H,4,6,13,16H2,1H3,(H,28,29,32)/t;19-/m.0/s1. The maximum Gasteiger partial charge on any atom is 0.224 e. The molecule has 0 spiro atoms. The van der Waals surface area contributed by atoms with Gasteiger partial charge in [0.1, 0.15) is 23.0 Å². The van der Waals surface area contributed by atoms with Crippen molar-refractivity contribution in [1.82, 2.24) is 54.3 Å². The van der Waals surface area contributed by atoms with Gasteiger partial charge in [0, 0.05) is 41.8 Å². The van der Waals surface area contributed by atoms with Gasteiger partial charge in [0.05, 0.1) is 33.1 Å². The lowest BCUT2D eigenvalue weighted by molar-refractivity contribution is 0.461. The first kappa shape index (κ1) is 41.1. The summed E-state index contributed by atoms with van der Waals surface area (Å²) >= 11 is 0. The van der Waals surface area contributed by atoms with Crippen LogP contribution in [-0.2, 0) is 0 Å². The van der Waals surface area contributed by atoms with Gasteiger partial charge in [-0.3, -0.25) is 9.13 Å². The van der Waals surface area contributed by atoms with Crippen LogP contribution in [0.1, 0.15) is 56.1 Å². The Hall–Kier alpha value is -7.64. The monoisotopic (exact) mass is 869 g/mol. The minimum atomic E-state index is 0.331. The number of nitrogens with one attached hydrogen (secondary N) is 3. The van der Waals surface area contributed by atoms with E-state index in [1.807, 2.05) is 66.9 Å². The third-order valence-corrected chi connectivity index (χ3v) is 12.6. The molecule has 12 rings (SSSR count). The number of nitrogens with zero attached hydrogens (tertiary/aromatic N) is 10. The molecule has 1 aliphatic heterocycles. The van der Waals surface area contributed by atoms with Crippen LogP contribution in [0.5, 0.6) is 0 Å². The van der Waals surface area contributed by atoms with E-state index in [0.717, 1.165) is 104 Å². The average Bonchev–Trinajstić information content (AvgIpc) is 3.93. The number of para-hydroxylation sites is 2. The van der Waals surface area contributed by atoms with Crippen molar-refractivity contribution in [2.24, 2.45) is 0 Å². The third kappa shape index (κ3) is 8.52. The normalized spacial score (nSPS) is 15.5. The molecule has 1 aliphatic carbocycles. The van der Waals surface area contributed by atoms with Crippen molar-refractivity contribution in [3.8, 4) is 34.7 Å². The van der Waals surface area contributed by atoms with Crippen LogP contribution >= 0.6 is 0 Å². The van der Waals surface area contributed by atoms with E-state index in [1.165, 1.54) is 43.2 Å². The molecule has 10 aromatic rings. The number of aromatic nitrogens is 10. The molecule has 66 heavy (non-hydrogen) atoms. The molecule has 0 bridgehead atoms. The van der Waals surface area contributed by atoms with Gasteiger partial charge in [-0.2, -0.15) is 9.97 Å². The minimum Gasteiger partial charge on any atom is -0.351 e. The van der Waals surface area contributed by atoms with Crippen molar-refractivity contribution in [1.29, 1.82) is 0 Å². The summed E-state index contributed by atoms with van der Waals surface area (Å²) in [5.74, 6) is 4.42. The molecule has 2 fully saturated rings. The molecule has 13 nitrogen and oxygen atoms in total. The summed E-state index contributed by atoms with van der Waals surface area (Å²) in [5, 5.41) is 12.7. The van der Waals surface area contributed by atoms with Crippen molar-refractivity contribution in [2.75, 3.05) is 23.7 Å². The number of hydrogen-bond acceptors (Lipinski definition) is 11. The van der Waals surface area contributed by atoms with E-state index < -0.39 is 0 Å². The Bertz CT molecular complexity index is 3120. The van der Waals surface area contributed by atoms with E-state index in [9.17, 15) is 0 Å². The number of pyridine rings is 2. The largest absolute Gasteiger partial charge is 0.351 e. The Morgan fingerprint density at radius 1 is 0.485 bits per heavy atom. The second-order valence-electron chi connectivity index (χ2n) is 17.4. The van der Waals surface area contributed by atoms with Gasteiger partial charge in [-0.15, -0.1) is 0 Å². The zero-order chi connectivity index (χ0) is 44.4. The first-order valence-corrected chi connectivity index (χ1v) is 23.1. The number of aryl methyl sites for hydroxylation is 2. The van der Waals surface area contributed by atoms with Gasteiger partial charge in [-0.05, 0) is 118 Å². The fourth-order valence-electron chi connectivity index (χ4n) is 9.23. The summed E-state index contributed by atoms with van der Waals surface area (Å²) < 4.78 is 4.19. The van der Waals surface area contributed by atoms with Crippen LogP contribution in [0.15, 0.2) is 134 Å². The highest BCUT2D eigenvalue weighted by Crippen LogP contribution is 2.31. The van der Waals surface area contributed by atoms with Crippen molar-refractivity contribution in [2.45, 2.75) is 70.9 Å². The van der Waals surface area contributed by atoms with Gasteiger partial charge in [0.2, 0.25) is 11.9 Å². The Kier molecular flexibility index (Phi) is 11.3. The zero-order valence-electron chi connectivity index (χ0n) is 37.2. The number of imidazole rings is 2. The predicted molar refractivity (Wildman–Crippen MR) is 264 cm³/mol. The van der Waals surface area contributed by atoms with E-state index >= 15 is 0 Å². The second-order valence-corrected chi connectivity index (χ2v) is 17.4. The summed E-state index contributed by atoms with van der Waals surface area (Å²) in [5.41, 5.74) is 9.73. The number of fused-ring (bicyclic) bond motifs is 4. The Morgan fingerprint density at radius 2 is 1.00 bits per heavy atom. The van der Waals surface area contributed by atoms with Crippen LogP contribution in [0.2, 0.25) is 0 Å². The van der Waals surface area contributed by atoms with Crippen LogP contribution in [0.25, 0.3) is 78.5 Å². The summed E-state index contributed by atoms with van der Waals surface area (Å²) in [6.45, 7) is 6.18. The lowest BCUT2D eigenvalue weighted by Gasteiger charge is -2.23. The smallest absolute Gasteiger partial charge is 0.224 e. The molecule has 0 amide bonds. The number of anilines is 2. The molecule has 4 aromatic carbocycles. The second kappa shape index (κ2) is 18.1.